The number of fused-ring (bicyclic) bond motifs is 1. The molecule has 0 aromatic heterocycles. The highest BCUT2D eigenvalue weighted by Gasteiger charge is 2.35. The molecule has 5 nitrogen and oxygen atoms in total. The molecule has 0 saturated carbocycles. The van der Waals surface area contributed by atoms with Gasteiger partial charge in [0.2, 0.25) is 0 Å². The molecule has 0 saturated heterocycles. The van der Waals surface area contributed by atoms with Gasteiger partial charge in [-0.15, -0.1) is 11.6 Å². The van der Waals surface area contributed by atoms with Crippen LogP contribution in [0.5, 0.6) is 0 Å². The topological polar surface area (TPSA) is 59.0 Å². The molecule has 1 aliphatic heterocycles. The fraction of sp³-hybridized carbons (Fsp3) is 0.167. The van der Waals surface area contributed by atoms with E-state index in [-0.39, 0.29) is 23.9 Å². The number of carbonyl (C=O) groups is 2. The number of amides is 1. The molecule has 1 amide bonds. The number of rotatable bonds is 5. The van der Waals surface area contributed by atoms with E-state index in [1.54, 1.807) is 35.2 Å². The Morgan fingerprint density at radius 3 is 2.46 bits per heavy atom. The summed E-state index contributed by atoms with van der Waals surface area (Å²) in [5.74, 6) is -0.876. The van der Waals surface area contributed by atoms with Gasteiger partial charge in [0, 0.05) is 21.5 Å². The van der Waals surface area contributed by atoms with E-state index in [0.717, 1.165) is 5.56 Å². The van der Waals surface area contributed by atoms with E-state index in [4.69, 9.17) is 39.6 Å². The summed E-state index contributed by atoms with van der Waals surface area (Å²) >= 11 is 17.4. The van der Waals surface area contributed by atoms with Crippen LogP contribution in [0.2, 0.25) is 10.0 Å². The Bertz CT molecular complexity index is 882. The average molecular weight is 412 g/mol. The Morgan fingerprint density at radius 1 is 1.08 bits per heavy atom. The molecule has 3 rings (SSSR count). The molecule has 8 heteroatoms. The fourth-order valence-corrected chi connectivity index (χ4v) is 2.98. The van der Waals surface area contributed by atoms with Crippen molar-refractivity contribution < 1.29 is 14.4 Å². The second-order valence-electron chi connectivity index (χ2n) is 5.52. The monoisotopic (exact) mass is 410 g/mol. The summed E-state index contributed by atoms with van der Waals surface area (Å²) in [7, 11) is 0. The number of nitrogens with zero attached hydrogens (tertiary/aromatic N) is 2. The zero-order chi connectivity index (χ0) is 18.7. The summed E-state index contributed by atoms with van der Waals surface area (Å²) in [6, 6.07) is 12.2. The van der Waals surface area contributed by atoms with Gasteiger partial charge in [-0.3, -0.25) is 4.79 Å². The summed E-state index contributed by atoms with van der Waals surface area (Å²) in [5.41, 5.74) is 2.07. The molecule has 0 fully saturated rings. The molecule has 1 aliphatic rings. The number of anilines is 1. The quantitative estimate of drug-likeness (QED) is 0.416. The van der Waals surface area contributed by atoms with Crippen molar-refractivity contribution >= 4 is 58.1 Å². The predicted molar refractivity (Wildman–Crippen MR) is 102 cm³/mol. The predicted octanol–water partition coefficient (Wildman–Crippen LogP) is 4.42. The van der Waals surface area contributed by atoms with Crippen molar-refractivity contribution in [1.82, 2.24) is 0 Å². The van der Waals surface area contributed by atoms with E-state index >= 15 is 0 Å². The summed E-state index contributed by atoms with van der Waals surface area (Å²) < 4.78 is 0. The third kappa shape index (κ3) is 4.01. The number of hydrogen-bond donors (Lipinski definition) is 0. The lowest BCUT2D eigenvalue weighted by atomic mass is 10.1. The number of oxime groups is 1. The van der Waals surface area contributed by atoms with Crippen LogP contribution in [0.4, 0.5) is 5.69 Å². The Kier molecular flexibility index (Phi) is 5.81. The molecular weight excluding hydrogens is 399 g/mol. The van der Waals surface area contributed by atoms with Crippen LogP contribution in [0, 0.1) is 0 Å². The number of hydrogen-bond acceptors (Lipinski definition) is 4. The molecule has 0 N–H and O–H groups in total. The van der Waals surface area contributed by atoms with Crippen LogP contribution in [-0.4, -0.2) is 23.5 Å². The molecule has 134 valence electrons. The van der Waals surface area contributed by atoms with E-state index in [1.807, 2.05) is 12.1 Å². The van der Waals surface area contributed by atoms with Crippen molar-refractivity contribution in [1.29, 1.82) is 0 Å². The third-order valence-corrected chi connectivity index (χ3v) is 4.42. The largest absolute Gasteiger partial charge is 0.336 e. The van der Waals surface area contributed by atoms with Crippen LogP contribution in [0.1, 0.15) is 17.5 Å². The Balaban J connectivity index is 1.92. The number of carbonyl (C=O) groups excluding carboxylic acids is 2. The molecule has 0 unspecified atom stereocenters. The first-order valence-electron chi connectivity index (χ1n) is 7.69. The van der Waals surface area contributed by atoms with Crippen molar-refractivity contribution in [2.75, 3.05) is 10.8 Å². The van der Waals surface area contributed by atoms with E-state index in [1.165, 1.54) is 0 Å². The van der Waals surface area contributed by atoms with Gasteiger partial charge >= 0.3 is 5.97 Å². The maximum atomic E-state index is 12.8. The van der Waals surface area contributed by atoms with Crippen LogP contribution in [0.25, 0.3) is 0 Å². The average Bonchev–Trinajstić information content (AvgIpc) is 2.86. The first kappa shape index (κ1) is 18.7. The van der Waals surface area contributed by atoms with E-state index < -0.39 is 5.97 Å². The second kappa shape index (κ2) is 8.08. The van der Waals surface area contributed by atoms with Crippen LogP contribution in [-0.2, 0) is 21.0 Å². The van der Waals surface area contributed by atoms with Crippen molar-refractivity contribution in [2.24, 2.45) is 5.16 Å². The minimum atomic E-state index is -0.611. The molecule has 1 heterocycles. The molecule has 2 aromatic carbocycles. The maximum Gasteiger partial charge on any atom is 0.336 e. The Labute approximate surface area is 165 Å². The SMILES string of the molecule is O=C(CCCl)O/N=C1/C(=O)N(Cc2ccc(Cl)cc2)c2ccc(Cl)cc21. The number of alkyl halides is 1. The summed E-state index contributed by atoms with van der Waals surface area (Å²) in [6.07, 6.45) is 0.00339. The van der Waals surface area contributed by atoms with E-state index in [0.29, 0.717) is 27.8 Å². The zero-order valence-corrected chi connectivity index (χ0v) is 15.7. The van der Waals surface area contributed by atoms with E-state index in [2.05, 4.69) is 5.16 Å². The Hall–Kier alpha value is -2.08. The van der Waals surface area contributed by atoms with Crippen LogP contribution >= 0.6 is 34.8 Å². The number of halogens is 3. The van der Waals surface area contributed by atoms with Crippen molar-refractivity contribution in [2.45, 2.75) is 13.0 Å². The molecular formula is C18H13Cl3N2O3. The molecule has 2 aromatic rings. The van der Waals surface area contributed by atoms with Gasteiger partial charge in [0.25, 0.3) is 5.91 Å². The van der Waals surface area contributed by atoms with Gasteiger partial charge in [-0.05, 0) is 35.9 Å². The first-order valence-corrected chi connectivity index (χ1v) is 8.98. The van der Waals surface area contributed by atoms with Gasteiger partial charge in [-0.2, -0.15) is 0 Å². The zero-order valence-electron chi connectivity index (χ0n) is 13.4. The van der Waals surface area contributed by atoms with Crippen LogP contribution < -0.4 is 4.90 Å². The van der Waals surface area contributed by atoms with Gasteiger partial charge in [-0.1, -0.05) is 40.5 Å². The van der Waals surface area contributed by atoms with Crippen LogP contribution in [0.3, 0.4) is 0 Å². The first-order chi connectivity index (χ1) is 12.5. The van der Waals surface area contributed by atoms with Crippen molar-refractivity contribution in [3.05, 3.63) is 63.6 Å². The normalized spacial score (nSPS) is 14.7. The summed E-state index contributed by atoms with van der Waals surface area (Å²) in [4.78, 5) is 30.7. The third-order valence-electron chi connectivity index (χ3n) is 3.74. The molecule has 26 heavy (non-hydrogen) atoms. The lowest BCUT2D eigenvalue weighted by molar-refractivity contribution is -0.143. The van der Waals surface area contributed by atoms with Crippen molar-refractivity contribution in [3.63, 3.8) is 0 Å². The minimum Gasteiger partial charge on any atom is -0.317 e. The highest BCUT2D eigenvalue weighted by atomic mass is 35.5. The fourth-order valence-electron chi connectivity index (χ4n) is 2.52. The lowest BCUT2D eigenvalue weighted by Gasteiger charge is -2.17. The molecule has 0 atom stereocenters. The van der Waals surface area contributed by atoms with Gasteiger partial charge in [0.15, 0.2) is 5.71 Å². The lowest BCUT2D eigenvalue weighted by Crippen LogP contribution is -2.29. The second-order valence-corrected chi connectivity index (χ2v) is 6.77. The standard InChI is InChI=1S/C18H13Cl3N2O3/c19-8-7-16(24)26-22-17-14-9-13(21)5-6-15(14)23(18(17)25)10-11-1-3-12(20)4-2-11/h1-6,9H,7-8,10H2/b22-17+. The van der Waals surface area contributed by atoms with Crippen molar-refractivity contribution in [3.8, 4) is 0 Å². The van der Waals surface area contributed by atoms with Gasteiger partial charge in [-0.25, -0.2) is 4.79 Å². The summed E-state index contributed by atoms with van der Waals surface area (Å²) in [6.45, 7) is 0.319. The van der Waals surface area contributed by atoms with Gasteiger partial charge in [0.1, 0.15) is 0 Å². The minimum absolute atomic E-state index is 0.00339. The molecule has 0 bridgehead atoms. The van der Waals surface area contributed by atoms with Gasteiger partial charge in [0.05, 0.1) is 18.7 Å². The van der Waals surface area contributed by atoms with Crippen LogP contribution in [0.15, 0.2) is 47.6 Å². The Morgan fingerprint density at radius 2 is 1.77 bits per heavy atom. The molecule has 0 aliphatic carbocycles. The van der Waals surface area contributed by atoms with E-state index in [9.17, 15) is 9.59 Å². The number of benzene rings is 2. The van der Waals surface area contributed by atoms with Gasteiger partial charge < -0.3 is 9.74 Å². The smallest absolute Gasteiger partial charge is 0.317 e. The maximum absolute atomic E-state index is 12.8. The molecule has 0 radical (unpaired) electrons. The highest BCUT2D eigenvalue weighted by molar-refractivity contribution is 6.54. The highest BCUT2D eigenvalue weighted by Crippen LogP contribution is 2.33. The molecule has 0 spiro atoms. The summed E-state index contributed by atoms with van der Waals surface area (Å²) in [5, 5.41) is 4.81.